The van der Waals surface area contributed by atoms with Crippen molar-refractivity contribution >= 4 is 36.0 Å². The van der Waals surface area contributed by atoms with Crippen molar-refractivity contribution in [2.24, 2.45) is 4.99 Å². The molecule has 9 heteroatoms. The summed E-state index contributed by atoms with van der Waals surface area (Å²) in [5.74, 6) is 1.30. The number of rotatable bonds is 8. The first-order valence-corrected chi connectivity index (χ1v) is 8.83. The fourth-order valence-electron chi connectivity index (χ4n) is 2.02. The van der Waals surface area contributed by atoms with E-state index in [1.807, 2.05) is 39.8 Å². The molecule has 1 rings (SSSR count). The van der Waals surface area contributed by atoms with Gasteiger partial charge in [0.25, 0.3) is 0 Å². The number of carbonyl (C=O) groups excluding carboxylic acids is 1. The summed E-state index contributed by atoms with van der Waals surface area (Å²) >= 11 is 0. The summed E-state index contributed by atoms with van der Waals surface area (Å²) in [6, 6.07) is 3.83. The Balaban J connectivity index is 0.00000676. The molecule has 154 valence electrons. The summed E-state index contributed by atoms with van der Waals surface area (Å²) in [7, 11) is 1.71. The Bertz CT molecular complexity index is 591. The van der Waals surface area contributed by atoms with E-state index >= 15 is 0 Å². The minimum atomic E-state index is -0.485. The smallest absolute Gasteiger partial charge is 0.407 e. The van der Waals surface area contributed by atoms with Crippen LogP contribution in [0.2, 0.25) is 0 Å². The highest BCUT2D eigenvalue weighted by molar-refractivity contribution is 14.0. The van der Waals surface area contributed by atoms with Gasteiger partial charge in [0.1, 0.15) is 5.60 Å². The van der Waals surface area contributed by atoms with Crippen LogP contribution in [0.3, 0.4) is 0 Å². The summed E-state index contributed by atoms with van der Waals surface area (Å²) in [5.41, 5.74) is 0.477. The van der Waals surface area contributed by atoms with Gasteiger partial charge >= 0.3 is 6.09 Å². The van der Waals surface area contributed by atoms with E-state index in [9.17, 15) is 4.79 Å². The van der Waals surface area contributed by atoms with Crippen LogP contribution in [-0.2, 0) is 11.3 Å². The van der Waals surface area contributed by atoms with E-state index in [0.717, 1.165) is 12.0 Å². The van der Waals surface area contributed by atoms with Gasteiger partial charge in [-0.05, 0) is 40.2 Å². The highest BCUT2D eigenvalue weighted by Crippen LogP contribution is 2.13. The SMILES string of the molecule is CCOc1ncccc1CNC(=NC)NCCCNC(=O)OC(C)(C)C.I. The number of halogens is 1. The molecular formula is C18H32IN5O3. The number of carbonyl (C=O) groups is 1. The maximum absolute atomic E-state index is 11.5. The highest BCUT2D eigenvalue weighted by atomic mass is 127. The van der Waals surface area contributed by atoms with E-state index in [4.69, 9.17) is 9.47 Å². The average molecular weight is 493 g/mol. The lowest BCUT2D eigenvalue weighted by Crippen LogP contribution is -2.39. The second-order valence-electron chi connectivity index (χ2n) is 6.54. The molecule has 0 saturated heterocycles. The topological polar surface area (TPSA) is 96.9 Å². The lowest BCUT2D eigenvalue weighted by Gasteiger charge is -2.19. The van der Waals surface area contributed by atoms with E-state index in [-0.39, 0.29) is 24.0 Å². The Morgan fingerprint density at radius 2 is 1.93 bits per heavy atom. The molecule has 8 nitrogen and oxygen atoms in total. The van der Waals surface area contributed by atoms with Crippen LogP contribution in [0.15, 0.2) is 23.3 Å². The van der Waals surface area contributed by atoms with Gasteiger partial charge in [-0.15, -0.1) is 24.0 Å². The minimum absolute atomic E-state index is 0. The summed E-state index contributed by atoms with van der Waals surface area (Å²) in [6.45, 7) is 9.75. The molecule has 1 aromatic rings. The molecule has 0 radical (unpaired) electrons. The summed E-state index contributed by atoms with van der Waals surface area (Å²) in [5, 5.41) is 9.14. The van der Waals surface area contributed by atoms with Crippen molar-refractivity contribution in [3.63, 3.8) is 0 Å². The maximum Gasteiger partial charge on any atom is 0.407 e. The Hall–Kier alpha value is -1.78. The van der Waals surface area contributed by atoms with Gasteiger partial charge in [0.2, 0.25) is 5.88 Å². The maximum atomic E-state index is 11.5. The van der Waals surface area contributed by atoms with Crippen LogP contribution in [0.25, 0.3) is 0 Å². The number of amides is 1. The van der Waals surface area contributed by atoms with Crippen molar-refractivity contribution in [2.75, 3.05) is 26.7 Å². The van der Waals surface area contributed by atoms with Gasteiger partial charge in [-0.1, -0.05) is 6.07 Å². The largest absolute Gasteiger partial charge is 0.478 e. The van der Waals surface area contributed by atoms with Crippen LogP contribution in [0.4, 0.5) is 4.79 Å². The van der Waals surface area contributed by atoms with Crippen LogP contribution in [-0.4, -0.2) is 49.4 Å². The first kappa shape index (κ1) is 25.2. The molecule has 0 aliphatic carbocycles. The lowest BCUT2D eigenvalue weighted by atomic mass is 10.2. The number of aromatic nitrogens is 1. The molecule has 1 aromatic heterocycles. The van der Waals surface area contributed by atoms with Gasteiger partial charge in [-0.25, -0.2) is 9.78 Å². The molecule has 0 atom stereocenters. The number of aliphatic imine (C=N–C) groups is 1. The molecule has 1 amide bonds. The molecule has 3 N–H and O–H groups in total. The summed E-state index contributed by atoms with van der Waals surface area (Å²) in [6.07, 6.45) is 2.05. The third kappa shape index (κ3) is 11.5. The number of hydrogen-bond acceptors (Lipinski definition) is 5. The van der Waals surface area contributed by atoms with Crippen LogP contribution >= 0.6 is 24.0 Å². The zero-order chi connectivity index (χ0) is 19.4. The van der Waals surface area contributed by atoms with Gasteiger partial charge < -0.3 is 25.4 Å². The van der Waals surface area contributed by atoms with Gasteiger partial charge in [0.15, 0.2) is 5.96 Å². The van der Waals surface area contributed by atoms with Crippen molar-refractivity contribution < 1.29 is 14.3 Å². The number of guanidine groups is 1. The number of ether oxygens (including phenoxy) is 2. The fourth-order valence-corrected chi connectivity index (χ4v) is 2.02. The van der Waals surface area contributed by atoms with E-state index in [0.29, 0.717) is 38.1 Å². The van der Waals surface area contributed by atoms with Gasteiger partial charge in [-0.2, -0.15) is 0 Å². The van der Waals surface area contributed by atoms with Gasteiger partial charge in [0, 0.05) is 38.4 Å². The second-order valence-corrected chi connectivity index (χ2v) is 6.54. The predicted molar refractivity (Wildman–Crippen MR) is 118 cm³/mol. The number of alkyl carbamates (subject to hydrolysis) is 1. The van der Waals surface area contributed by atoms with Crippen LogP contribution in [0.5, 0.6) is 5.88 Å². The molecule has 0 saturated carbocycles. The van der Waals surface area contributed by atoms with E-state index in [1.54, 1.807) is 13.2 Å². The van der Waals surface area contributed by atoms with Crippen molar-refractivity contribution in [3.8, 4) is 5.88 Å². The van der Waals surface area contributed by atoms with Gasteiger partial charge in [0.05, 0.1) is 6.61 Å². The molecule has 1 heterocycles. The molecule has 0 spiro atoms. The first-order chi connectivity index (χ1) is 12.4. The van der Waals surface area contributed by atoms with E-state index in [2.05, 4.69) is 25.9 Å². The highest BCUT2D eigenvalue weighted by Gasteiger charge is 2.15. The number of nitrogens with one attached hydrogen (secondary N) is 3. The van der Waals surface area contributed by atoms with E-state index in [1.165, 1.54) is 0 Å². The van der Waals surface area contributed by atoms with Crippen molar-refractivity contribution in [1.29, 1.82) is 0 Å². The second kappa shape index (κ2) is 13.4. The summed E-state index contributed by atoms with van der Waals surface area (Å²) < 4.78 is 10.7. The van der Waals surface area contributed by atoms with E-state index < -0.39 is 11.7 Å². The van der Waals surface area contributed by atoms with Crippen LogP contribution in [0.1, 0.15) is 39.7 Å². The standard InChI is InChI=1S/C18H31N5O3.HI/c1-6-25-15-14(9-7-10-20-15)13-23-16(19-5)21-11-8-12-22-17(24)26-18(2,3)4;/h7,9-10H,6,8,11-13H2,1-5H3,(H,22,24)(H2,19,21,23);1H. The Morgan fingerprint density at radius 3 is 2.56 bits per heavy atom. The van der Waals surface area contributed by atoms with Gasteiger partial charge in [-0.3, -0.25) is 4.99 Å². The minimum Gasteiger partial charge on any atom is -0.478 e. The lowest BCUT2D eigenvalue weighted by molar-refractivity contribution is 0.0527. The quantitative estimate of drug-likeness (QED) is 0.223. The fraction of sp³-hybridized carbons (Fsp3) is 0.611. The predicted octanol–water partition coefficient (Wildman–Crippen LogP) is 2.68. The first-order valence-electron chi connectivity index (χ1n) is 8.83. The average Bonchev–Trinajstić information content (AvgIpc) is 2.57. The number of nitrogens with zero attached hydrogens (tertiary/aromatic N) is 2. The molecule has 0 bridgehead atoms. The molecule has 0 fully saturated rings. The molecule has 27 heavy (non-hydrogen) atoms. The Labute approximate surface area is 178 Å². The number of hydrogen-bond donors (Lipinski definition) is 3. The number of pyridine rings is 1. The monoisotopic (exact) mass is 493 g/mol. The van der Waals surface area contributed by atoms with Crippen LogP contribution < -0.4 is 20.7 Å². The molecule has 0 unspecified atom stereocenters. The zero-order valence-corrected chi connectivity index (χ0v) is 19.1. The zero-order valence-electron chi connectivity index (χ0n) is 16.8. The van der Waals surface area contributed by atoms with Crippen molar-refractivity contribution in [3.05, 3.63) is 23.9 Å². The van der Waals surface area contributed by atoms with Crippen LogP contribution in [0, 0.1) is 0 Å². The van der Waals surface area contributed by atoms with Crippen molar-refractivity contribution in [1.82, 2.24) is 20.9 Å². The summed E-state index contributed by atoms with van der Waals surface area (Å²) in [4.78, 5) is 20.0. The Kier molecular flexibility index (Phi) is 12.5. The Morgan fingerprint density at radius 1 is 1.22 bits per heavy atom. The third-order valence-electron chi connectivity index (χ3n) is 3.12. The molecule has 0 aromatic carbocycles. The molecular weight excluding hydrogens is 461 g/mol. The molecule has 0 aliphatic rings. The third-order valence-corrected chi connectivity index (χ3v) is 3.12. The molecule has 0 aliphatic heterocycles. The van der Waals surface area contributed by atoms with Crippen molar-refractivity contribution in [2.45, 2.75) is 46.3 Å². The normalized spacial score (nSPS) is 11.2.